The van der Waals surface area contributed by atoms with Crippen molar-refractivity contribution in [3.8, 4) is 5.75 Å². The van der Waals surface area contributed by atoms with E-state index in [-0.39, 0.29) is 22.3 Å². The van der Waals surface area contributed by atoms with Gasteiger partial charge in [-0.3, -0.25) is 15.6 Å². The number of carbonyl (C=O) groups is 2. The normalized spacial score (nSPS) is 18.0. The Hall–Kier alpha value is -3.59. The Balaban J connectivity index is 1.47. The lowest BCUT2D eigenvalue weighted by molar-refractivity contribution is -0.131. The molecule has 0 saturated carbocycles. The van der Waals surface area contributed by atoms with Crippen LogP contribution in [0.5, 0.6) is 5.75 Å². The second-order valence-corrected chi connectivity index (χ2v) is 8.93. The van der Waals surface area contributed by atoms with Gasteiger partial charge in [-0.2, -0.15) is 10.2 Å². The van der Waals surface area contributed by atoms with Crippen molar-refractivity contribution < 1.29 is 19.8 Å². The molecule has 2 aromatic carbocycles. The Morgan fingerprint density at radius 2 is 1.97 bits per heavy atom. The van der Waals surface area contributed by atoms with Crippen molar-refractivity contribution in [2.45, 2.75) is 32.1 Å². The van der Waals surface area contributed by atoms with Crippen LogP contribution in [-0.2, 0) is 22.4 Å². The summed E-state index contributed by atoms with van der Waals surface area (Å²) < 4.78 is 0. The third kappa shape index (κ3) is 5.09. The number of rotatable bonds is 8. The Kier molecular flexibility index (Phi) is 6.79. The first kappa shape index (κ1) is 22.6. The molecule has 0 aromatic heterocycles. The highest BCUT2D eigenvalue weighted by molar-refractivity contribution is 8.04. The SMILES string of the molecule is CC(=N/Nc1ccc2c(c1)CCC2)/C(C=O)=N/Nc1cccc(C2C=C(C(=O)O)SC2)c1O. The fraction of sp³-hybridized carbons (Fsp3) is 0.250. The number of hydrogen-bond acceptors (Lipinski definition) is 8. The number of phenolic OH excluding ortho intramolecular Hbond substituents is 1. The van der Waals surface area contributed by atoms with E-state index in [2.05, 4.69) is 33.2 Å². The number of para-hydroxylation sites is 1. The van der Waals surface area contributed by atoms with Crippen molar-refractivity contribution in [3.63, 3.8) is 0 Å². The lowest BCUT2D eigenvalue weighted by Gasteiger charge is -2.13. The number of aldehydes is 1. The first-order valence-electron chi connectivity index (χ1n) is 10.6. The number of aromatic hydroxyl groups is 1. The molecule has 2 aliphatic rings. The van der Waals surface area contributed by atoms with E-state index >= 15 is 0 Å². The van der Waals surface area contributed by atoms with Crippen LogP contribution in [0.1, 0.15) is 36.0 Å². The smallest absolute Gasteiger partial charge is 0.341 e. The van der Waals surface area contributed by atoms with Crippen molar-refractivity contribution in [2.75, 3.05) is 16.6 Å². The number of carboxylic acids is 1. The molecule has 0 radical (unpaired) electrons. The zero-order chi connectivity index (χ0) is 23.4. The van der Waals surface area contributed by atoms with Crippen LogP contribution >= 0.6 is 11.8 Å². The number of phenols is 1. The van der Waals surface area contributed by atoms with Crippen LogP contribution in [-0.4, -0.2) is 39.6 Å². The number of aryl methyl sites for hydroxylation is 2. The maximum Gasteiger partial charge on any atom is 0.341 e. The zero-order valence-corrected chi connectivity index (χ0v) is 18.9. The Morgan fingerprint density at radius 1 is 1.15 bits per heavy atom. The van der Waals surface area contributed by atoms with Gasteiger partial charge in [0.1, 0.15) is 11.5 Å². The Labute approximate surface area is 195 Å². The summed E-state index contributed by atoms with van der Waals surface area (Å²) in [5.41, 5.74) is 10.6. The Morgan fingerprint density at radius 3 is 2.73 bits per heavy atom. The maximum atomic E-state index is 11.6. The van der Waals surface area contributed by atoms with Gasteiger partial charge < -0.3 is 10.2 Å². The molecule has 8 nitrogen and oxygen atoms in total. The molecule has 0 bridgehead atoms. The van der Waals surface area contributed by atoms with E-state index in [1.165, 1.54) is 29.3 Å². The van der Waals surface area contributed by atoms with Gasteiger partial charge in [0.15, 0.2) is 6.29 Å². The number of allylic oxidation sites excluding steroid dienone is 1. The molecule has 4 N–H and O–H groups in total. The van der Waals surface area contributed by atoms with E-state index in [9.17, 15) is 14.7 Å². The number of hydrogen-bond donors (Lipinski definition) is 4. The zero-order valence-electron chi connectivity index (χ0n) is 18.0. The number of fused-ring (bicyclic) bond motifs is 1. The summed E-state index contributed by atoms with van der Waals surface area (Å²) in [5, 5.41) is 28.2. The quantitative estimate of drug-likeness (QED) is 0.200. The van der Waals surface area contributed by atoms with Crippen LogP contribution < -0.4 is 10.9 Å². The number of anilines is 2. The van der Waals surface area contributed by atoms with E-state index in [0.29, 0.717) is 29.0 Å². The second-order valence-electron chi connectivity index (χ2n) is 7.87. The molecule has 2 aromatic rings. The van der Waals surface area contributed by atoms with E-state index < -0.39 is 5.97 Å². The largest absolute Gasteiger partial charge is 0.505 e. The van der Waals surface area contributed by atoms with E-state index in [0.717, 1.165) is 18.5 Å². The fourth-order valence-corrected chi connectivity index (χ4v) is 4.90. The van der Waals surface area contributed by atoms with Gasteiger partial charge in [0.05, 0.1) is 22.0 Å². The van der Waals surface area contributed by atoms with E-state index in [1.54, 1.807) is 31.2 Å². The van der Waals surface area contributed by atoms with Gasteiger partial charge in [-0.25, -0.2) is 4.79 Å². The molecule has 1 heterocycles. The highest BCUT2D eigenvalue weighted by atomic mass is 32.2. The summed E-state index contributed by atoms with van der Waals surface area (Å²) in [7, 11) is 0. The first-order valence-corrected chi connectivity index (χ1v) is 11.6. The van der Waals surface area contributed by atoms with Crippen molar-refractivity contribution in [1.82, 2.24) is 0 Å². The van der Waals surface area contributed by atoms with E-state index in [1.807, 2.05) is 6.07 Å². The maximum absolute atomic E-state index is 11.6. The number of nitrogens with zero attached hydrogens (tertiary/aromatic N) is 2. The number of benzene rings is 2. The molecule has 0 saturated heterocycles. The molecule has 9 heteroatoms. The summed E-state index contributed by atoms with van der Waals surface area (Å²) in [6, 6.07) is 11.2. The third-order valence-corrected chi connectivity index (χ3v) is 6.83. The van der Waals surface area contributed by atoms with Crippen LogP contribution in [0.25, 0.3) is 0 Å². The highest BCUT2D eigenvalue weighted by Gasteiger charge is 2.25. The van der Waals surface area contributed by atoms with Crippen LogP contribution in [0.15, 0.2) is 57.6 Å². The lowest BCUT2D eigenvalue weighted by Crippen LogP contribution is -2.16. The predicted molar refractivity (Wildman–Crippen MR) is 131 cm³/mol. The third-order valence-electron chi connectivity index (χ3n) is 5.68. The number of thioether (sulfide) groups is 1. The number of carboxylic acid groups (broad SMARTS) is 1. The topological polar surface area (TPSA) is 123 Å². The lowest BCUT2D eigenvalue weighted by atomic mass is 9.99. The van der Waals surface area contributed by atoms with Crippen LogP contribution in [0.3, 0.4) is 0 Å². The Bertz CT molecular complexity index is 1190. The van der Waals surface area contributed by atoms with Crippen molar-refractivity contribution in [1.29, 1.82) is 0 Å². The molecule has 1 unspecified atom stereocenters. The van der Waals surface area contributed by atoms with Crippen molar-refractivity contribution in [2.24, 2.45) is 10.2 Å². The monoisotopic (exact) mass is 464 g/mol. The molecule has 0 fully saturated rings. The van der Waals surface area contributed by atoms with Gasteiger partial charge in [0.25, 0.3) is 0 Å². The van der Waals surface area contributed by atoms with Gasteiger partial charge in [-0.15, -0.1) is 11.8 Å². The van der Waals surface area contributed by atoms with Gasteiger partial charge in [0.2, 0.25) is 0 Å². The standard InChI is InChI=1S/C24H24N4O4S/c1-14(25-26-18-9-8-15-4-2-5-16(15)10-18)21(12-29)28-27-20-7-3-6-19(23(20)30)17-11-22(24(31)32)33-13-17/h3,6-12,17,26-27,30H,2,4-5,13H2,1H3,(H,31,32)/b25-14-,28-21+. The molecule has 33 heavy (non-hydrogen) atoms. The number of hydrazone groups is 2. The number of nitrogens with one attached hydrogen (secondary N) is 2. The molecule has 1 atom stereocenters. The van der Waals surface area contributed by atoms with Gasteiger partial charge in [-0.1, -0.05) is 24.3 Å². The molecule has 0 spiro atoms. The van der Waals surface area contributed by atoms with Gasteiger partial charge >= 0.3 is 5.97 Å². The first-order chi connectivity index (χ1) is 16.0. The highest BCUT2D eigenvalue weighted by Crippen LogP contribution is 2.41. The molecular formula is C24H24N4O4S. The van der Waals surface area contributed by atoms with Crippen LogP contribution in [0.2, 0.25) is 0 Å². The minimum absolute atomic E-state index is 0.0363. The summed E-state index contributed by atoms with van der Waals surface area (Å²) in [4.78, 5) is 23.0. The molecule has 170 valence electrons. The molecular weight excluding hydrogens is 440 g/mol. The minimum Gasteiger partial charge on any atom is -0.505 e. The molecule has 4 rings (SSSR count). The summed E-state index contributed by atoms with van der Waals surface area (Å²) in [6.07, 6.45) is 5.56. The van der Waals surface area contributed by atoms with Gasteiger partial charge in [0, 0.05) is 17.2 Å². The molecule has 1 aliphatic carbocycles. The minimum atomic E-state index is -0.972. The number of carbonyl (C=O) groups excluding carboxylic acids is 1. The average molecular weight is 465 g/mol. The predicted octanol–water partition coefficient (Wildman–Crippen LogP) is 4.13. The second kappa shape index (κ2) is 9.91. The van der Waals surface area contributed by atoms with Crippen molar-refractivity contribution in [3.05, 3.63) is 64.1 Å². The van der Waals surface area contributed by atoms with Gasteiger partial charge in [-0.05, 0) is 55.5 Å². The average Bonchev–Trinajstić information content (AvgIpc) is 3.48. The fourth-order valence-electron chi connectivity index (χ4n) is 3.88. The van der Waals surface area contributed by atoms with Crippen LogP contribution in [0.4, 0.5) is 11.4 Å². The summed E-state index contributed by atoms with van der Waals surface area (Å²) in [6.45, 7) is 1.67. The summed E-state index contributed by atoms with van der Waals surface area (Å²) >= 11 is 1.24. The van der Waals surface area contributed by atoms with E-state index in [4.69, 9.17) is 5.11 Å². The molecule has 0 amide bonds. The number of aliphatic carboxylic acids is 1. The molecule has 1 aliphatic heterocycles. The summed E-state index contributed by atoms with van der Waals surface area (Å²) in [5.74, 6) is -0.704. The van der Waals surface area contributed by atoms with Crippen molar-refractivity contribution >= 4 is 46.8 Å². The van der Waals surface area contributed by atoms with Crippen LogP contribution in [0, 0.1) is 0 Å².